The minimum Gasteiger partial charge on any atom is -0.452 e. The number of benzene rings is 1. The molecule has 2 rings (SSSR count). The Morgan fingerprint density at radius 3 is 2.32 bits per heavy atom. The summed E-state index contributed by atoms with van der Waals surface area (Å²) in [4.78, 5) is 24.1. The Morgan fingerprint density at radius 2 is 1.73 bits per heavy atom. The van der Waals surface area contributed by atoms with Gasteiger partial charge in [0.05, 0.1) is 5.92 Å². The Morgan fingerprint density at radius 1 is 1.14 bits per heavy atom. The van der Waals surface area contributed by atoms with Crippen LogP contribution in [0.25, 0.3) is 0 Å². The number of rotatable bonds is 4. The zero-order valence-corrected chi connectivity index (χ0v) is 13.9. The van der Waals surface area contributed by atoms with E-state index in [1.165, 1.54) is 0 Å². The van der Waals surface area contributed by atoms with E-state index >= 15 is 0 Å². The number of hydrogen-bond acceptors (Lipinski definition) is 3. The van der Waals surface area contributed by atoms with Crippen molar-refractivity contribution in [1.29, 1.82) is 0 Å². The molecule has 0 spiro atoms. The lowest BCUT2D eigenvalue weighted by molar-refractivity contribution is -0.158. The summed E-state index contributed by atoms with van der Waals surface area (Å²) in [6.07, 6.45) is 4.08. The van der Waals surface area contributed by atoms with Crippen molar-refractivity contribution in [2.75, 3.05) is 5.32 Å². The summed E-state index contributed by atoms with van der Waals surface area (Å²) < 4.78 is 5.27. The van der Waals surface area contributed by atoms with E-state index in [1.807, 2.05) is 0 Å². The van der Waals surface area contributed by atoms with Gasteiger partial charge in [0, 0.05) is 15.7 Å². The first-order chi connectivity index (χ1) is 10.5. The minimum atomic E-state index is -0.854. The Kier molecular flexibility index (Phi) is 6.09. The highest BCUT2D eigenvalue weighted by Gasteiger charge is 2.26. The van der Waals surface area contributed by atoms with Crippen LogP contribution in [0.15, 0.2) is 18.2 Å². The topological polar surface area (TPSA) is 55.4 Å². The fourth-order valence-corrected chi connectivity index (χ4v) is 3.06. The fourth-order valence-electron chi connectivity index (χ4n) is 2.53. The maximum Gasteiger partial charge on any atom is 0.309 e. The van der Waals surface area contributed by atoms with Crippen molar-refractivity contribution in [2.45, 2.75) is 45.1 Å². The van der Waals surface area contributed by atoms with Crippen LogP contribution in [0.3, 0.4) is 0 Å². The van der Waals surface area contributed by atoms with E-state index in [0.717, 1.165) is 32.1 Å². The van der Waals surface area contributed by atoms with Crippen LogP contribution in [0.2, 0.25) is 10.0 Å². The SMILES string of the molecule is CC(OC(=O)C1CCCCC1)C(=O)Nc1cc(Cl)cc(Cl)c1. The normalized spacial score (nSPS) is 16.9. The summed E-state index contributed by atoms with van der Waals surface area (Å²) in [5, 5.41) is 3.50. The van der Waals surface area contributed by atoms with Crippen LogP contribution in [0.1, 0.15) is 39.0 Å². The summed E-state index contributed by atoms with van der Waals surface area (Å²) in [7, 11) is 0. The molecule has 0 saturated heterocycles. The van der Waals surface area contributed by atoms with Crippen molar-refractivity contribution < 1.29 is 14.3 Å². The predicted octanol–water partition coefficient (Wildman–Crippen LogP) is 4.44. The molecule has 1 aromatic rings. The molecule has 1 saturated carbocycles. The maximum absolute atomic E-state index is 12.1. The van der Waals surface area contributed by atoms with E-state index in [1.54, 1.807) is 25.1 Å². The average Bonchev–Trinajstić information content (AvgIpc) is 2.46. The molecule has 22 heavy (non-hydrogen) atoms. The van der Waals surface area contributed by atoms with Gasteiger partial charge in [-0.05, 0) is 38.0 Å². The number of amides is 1. The lowest BCUT2D eigenvalue weighted by Crippen LogP contribution is -2.32. The molecule has 1 atom stereocenters. The van der Waals surface area contributed by atoms with E-state index in [9.17, 15) is 9.59 Å². The molecule has 1 amide bonds. The van der Waals surface area contributed by atoms with E-state index in [4.69, 9.17) is 27.9 Å². The molecule has 1 unspecified atom stereocenters. The monoisotopic (exact) mass is 343 g/mol. The van der Waals surface area contributed by atoms with Gasteiger partial charge in [-0.1, -0.05) is 42.5 Å². The standard InChI is InChI=1S/C16H19Cl2NO3/c1-10(22-16(21)11-5-3-2-4-6-11)15(20)19-14-8-12(17)7-13(18)9-14/h7-11H,2-6H2,1H3,(H,19,20). The Labute approximate surface area is 140 Å². The van der Waals surface area contributed by atoms with Crippen molar-refractivity contribution in [3.05, 3.63) is 28.2 Å². The molecule has 0 aliphatic heterocycles. The van der Waals surface area contributed by atoms with Crippen LogP contribution in [0, 0.1) is 5.92 Å². The number of nitrogens with one attached hydrogen (secondary N) is 1. The van der Waals surface area contributed by atoms with Crippen LogP contribution >= 0.6 is 23.2 Å². The summed E-state index contributed by atoms with van der Waals surface area (Å²) in [5.41, 5.74) is 0.475. The molecule has 4 nitrogen and oxygen atoms in total. The van der Waals surface area contributed by atoms with E-state index < -0.39 is 12.0 Å². The van der Waals surface area contributed by atoms with Gasteiger partial charge < -0.3 is 10.1 Å². The number of halogens is 2. The molecular formula is C16H19Cl2NO3. The third kappa shape index (κ3) is 4.89. The molecule has 0 heterocycles. The first-order valence-electron chi connectivity index (χ1n) is 7.43. The van der Waals surface area contributed by atoms with Gasteiger partial charge in [-0.25, -0.2) is 0 Å². The van der Waals surface area contributed by atoms with Gasteiger partial charge in [0.25, 0.3) is 5.91 Å². The zero-order chi connectivity index (χ0) is 16.1. The second-order valence-corrected chi connectivity index (χ2v) is 6.43. The van der Waals surface area contributed by atoms with Gasteiger partial charge >= 0.3 is 5.97 Å². The summed E-state index contributed by atoms with van der Waals surface area (Å²) in [6.45, 7) is 1.56. The van der Waals surface area contributed by atoms with Crippen molar-refractivity contribution in [3.8, 4) is 0 Å². The third-order valence-corrected chi connectivity index (χ3v) is 4.17. The number of ether oxygens (including phenoxy) is 1. The maximum atomic E-state index is 12.1. The summed E-state index contributed by atoms with van der Waals surface area (Å²) in [6, 6.07) is 4.74. The predicted molar refractivity (Wildman–Crippen MR) is 87.2 cm³/mol. The second-order valence-electron chi connectivity index (χ2n) is 5.56. The highest BCUT2D eigenvalue weighted by Crippen LogP contribution is 2.25. The molecule has 1 aliphatic carbocycles. The highest BCUT2D eigenvalue weighted by molar-refractivity contribution is 6.35. The van der Waals surface area contributed by atoms with Crippen molar-refractivity contribution in [1.82, 2.24) is 0 Å². The number of carbonyl (C=O) groups is 2. The minimum absolute atomic E-state index is 0.0791. The number of carbonyl (C=O) groups excluding carboxylic acids is 2. The van der Waals surface area contributed by atoms with Crippen LogP contribution in [-0.2, 0) is 14.3 Å². The molecule has 120 valence electrons. The molecule has 0 bridgehead atoms. The van der Waals surface area contributed by atoms with Crippen molar-refractivity contribution >= 4 is 40.8 Å². The molecule has 1 aromatic carbocycles. The number of hydrogen-bond donors (Lipinski definition) is 1. The molecule has 0 radical (unpaired) electrons. The largest absolute Gasteiger partial charge is 0.452 e. The van der Waals surface area contributed by atoms with Crippen molar-refractivity contribution in [3.63, 3.8) is 0 Å². The van der Waals surface area contributed by atoms with Crippen LogP contribution in [0.4, 0.5) is 5.69 Å². The quantitative estimate of drug-likeness (QED) is 0.822. The molecule has 1 aliphatic rings. The van der Waals surface area contributed by atoms with Crippen LogP contribution in [0.5, 0.6) is 0 Å². The highest BCUT2D eigenvalue weighted by atomic mass is 35.5. The van der Waals surface area contributed by atoms with Gasteiger partial charge in [-0.3, -0.25) is 9.59 Å². The van der Waals surface area contributed by atoms with E-state index in [-0.39, 0.29) is 11.9 Å². The molecule has 6 heteroatoms. The fraction of sp³-hybridized carbons (Fsp3) is 0.500. The Balaban J connectivity index is 1.89. The summed E-state index contributed by atoms with van der Waals surface area (Å²) >= 11 is 11.8. The number of esters is 1. The number of anilines is 1. The lowest BCUT2D eigenvalue weighted by Gasteiger charge is -2.22. The molecule has 1 N–H and O–H groups in total. The van der Waals surface area contributed by atoms with Crippen LogP contribution < -0.4 is 5.32 Å². The van der Waals surface area contributed by atoms with Gasteiger partial charge in [0.2, 0.25) is 0 Å². The molecule has 0 aromatic heterocycles. The first-order valence-corrected chi connectivity index (χ1v) is 8.19. The lowest BCUT2D eigenvalue weighted by atomic mass is 9.89. The third-order valence-electron chi connectivity index (χ3n) is 3.73. The van der Waals surface area contributed by atoms with E-state index in [0.29, 0.717) is 15.7 Å². The molecule has 1 fully saturated rings. The summed E-state index contributed by atoms with van der Waals surface area (Å²) in [5.74, 6) is -0.765. The zero-order valence-electron chi connectivity index (χ0n) is 12.4. The van der Waals surface area contributed by atoms with Crippen molar-refractivity contribution in [2.24, 2.45) is 5.92 Å². The van der Waals surface area contributed by atoms with Gasteiger partial charge in [0.15, 0.2) is 6.10 Å². The second kappa shape index (κ2) is 7.84. The Bertz CT molecular complexity index is 536. The van der Waals surface area contributed by atoms with Gasteiger partial charge in [-0.15, -0.1) is 0 Å². The smallest absolute Gasteiger partial charge is 0.309 e. The van der Waals surface area contributed by atoms with Gasteiger partial charge in [0.1, 0.15) is 0 Å². The molecular weight excluding hydrogens is 325 g/mol. The van der Waals surface area contributed by atoms with Crippen LogP contribution in [-0.4, -0.2) is 18.0 Å². The Hall–Kier alpha value is -1.26. The first kappa shape index (κ1) is 17.1. The average molecular weight is 344 g/mol. The van der Waals surface area contributed by atoms with E-state index in [2.05, 4.69) is 5.32 Å². The van der Waals surface area contributed by atoms with Gasteiger partial charge in [-0.2, -0.15) is 0 Å².